The van der Waals surface area contributed by atoms with E-state index in [1.165, 1.54) is 6.92 Å². The minimum absolute atomic E-state index is 0.0346. The monoisotopic (exact) mass is 306 g/mol. The summed E-state index contributed by atoms with van der Waals surface area (Å²) in [5, 5.41) is 8.10. The molecule has 1 aromatic heterocycles. The Bertz CT molecular complexity index is 639. The van der Waals surface area contributed by atoms with E-state index in [9.17, 15) is 9.18 Å². The van der Waals surface area contributed by atoms with Gasteiger partial charge >= 0.3 is 0 Å². The molecule has 0 saturated heterocycles. The van der Waals surface area contributed by atoms with E-state index in [4.69, 9.17) is 0 Å². The molecule has 1 amide bonds. The van der Waals surface area contributed by atoms with Crippen molar-refractivity contribution in [1.82, 2.24) is 5.32 Å². The van der Waals surface area contributed by atoms with E-state index in [0.717, 1.165) is 16.1 Å². The Morgan fingerprint density at radius 1 is 1.38 bits per heavy atom. The molecule has 0 aliphatic rings. The summed E-state index contributed by atoms with van der Waals surface area (Å²) in [6.07, 6.45) is 0. The van der Waals surface area contributed by atoms with Gasteiger partial charge < -0.3 is 10.6 Å². The van der Waals surface area contributed by atoms with Gasteiger partial charge in [-0.1, -0.05) is 12.1 Å². The van der Waals surface area contributed by atoms with Gasteiger partial charge in [0.1, 0.15) is 5.82 Å². The van der Waals surface area contributed by atoms with Crippen molar-refractivity contribution in [3.8, 4) is 0 Å². The zero-order valence-corrected chi connectivity index (χ0v) is 13.2. The Morgan fingerprint density at radius 3 is 2.81 bits per heavy atom. The summed E-state index contributed by atoms with van der Waals surface area (Å²) in [5.74, 6) is -0.264. The Morgan fingerprint density at radius 2 is 2.14 bits per heavy atom. The molecule has 0 aliphatic carbocycles. The van der Waals surface area contributed by atoms with Gasteiger partial charge in [0.2, 0.25) is 5.91 Å². The summed E-state index contributed by atoms with van der Waals surface area (Å²) < 4.78 is 13.6. The number of carbonyl (C=O) groups is 1. The van der Waals surface area contributed by atoms with Crippen LogP contribution in [0.2, 0.25) is 0 Å². The third kappa shape index (κ3) is 4.12. The Labute approximate surface area is 128 Å². The highest BCUT2D eigenvalue weighted by Crippen LogP contribution is 2.23. The molecule has 0 radical (unpaired) electrons. The molecular formula is C16H19FN2OS. The van der Waals surface area contributed by atoms with Crippen molar-refractivity contribution >= 4 is 22.9 Å². The maximum atomic E-state index is 13.6. The van der Waals surface area contributed by atoms with Crippen LogP contribution < -0.4 is 10.6 Å². The van der Waals surface area contributed by atoms with Crippen LogP contribution >= 0.6 is 11.3 Å². The van der Waals surface area contributed by atoms with Gasteiger partial charge in [0.15, 0.2) is 0 Å². The lowest BCUT2D eigenvalue weighted by Crippen LogP contribution is -2.18. The summed E-state index contributed by atoms with van der Waals surface area (Å²) in [5.41, 5.74) is 2.40. The van der Waals surface area contributed by atoms with Crippen molar-refractivity contribution < 1.29 is 9.18 Å². The molecule has 112 valence electrons. The van der Waals surface area contributed by atoms with E-state index in [1.807, 2.05) is 24.4 Å². The molecule has 2 rings (SSSR count). The number of anilines is 1. The van der Waals surface area contributed by atoms with E-state index in [1.54, 1.807) is 30.4 Å². The zero-order valence-electron chi connectivity index (χ0n) is 12.4. The first-order valence-corrected chi connectivity index (χ1v) is 7.68. The van der Waals surface area contributed by atoms with Crippen molar-refractivity contribution in [2.45, 2.75) is 33.4 Å². The topological polar surface area (TPSA) is 41.1 Å². The Hall–Kier alpha value is -1.72. The molecule has 1 heterocycles. The second kappa shape index (κ2) is 6.83. The number of thiophene rings is 1. The largest absolute Gasteiger partial charge is 0.325 e. The van der Waals surface area contributed by atoms with Gasteiger partial charge in [0, 0.05) is 24.4 Å². The van der Waals surface area contributed by atoms with Crippen LogP contribution in [-0.4, -0.2) is 5.91 Å². The summed E-state index contributed by atoms with van der Waals surface area (Å²) >= 11 is 1.58. The van der Waals surface area contributed by atoms with E-state index in [2.05, 4.69) is 10.6 Å². The lowest BCUT2D eigenvalue weighted by Gasteiger charge is -2.15. The van der Waals surface area contributed by atoms with Gasteiger partial charge in [-0.2, -0.15) is 0 Å². The number of amides is 1. The fraction of sp³-hybridized carbons (Fsp3) is 0.312. The minimum atomic E-state index is -0.184. The number of nitrogens with one attached hydrogen (secondary N) is 2. The fourth-order valence-corrected chi connectivity index (χ4v) is 2.80. The van der Waals surface area contributed by atoms with Gasteiger partial charge in [-0.3, -0.25) is 4.79 Å². The fourth-order valence-electron chi connectivity index (χ4n) is 2.02. The van der Waals surface area contributed by atoms with Crippen LogP contribution in [0, 0.1) is 12.7 Å². The molecule has 1 atom stereocenters. The van der Waals surface area contributed by atoms with E-state index < -0.39 is 0 Å². The molecular weight excluding hydrogens is 287 g/mol. The molecule has 0 spiro atoms. The number of benzene rings is 1. The van der Waals surface area contributed by atoms with Crippen LogP contribution in [0.1, 0.15) is 35.9 Å². The van der Waals surface area contributed by atoms with Crippen LogP contribution in [0.3, 0.4) is 0 Å². The molecule has 21 heavy (non-hydrogen) atoms. The third-order valence-electron chi connectivity index (χ3n) is 3.32. The van der Waals surface area contributed by atoms with Gasteiger partial charge in [-0.05, 0) is 42.5 Å². The highest BCUT2D eigenvalue weighted by atomic mass is 32.1. The Balaban J connectivity index is 2.00. The molecule has 0 aliphatic heterocycles. The lowest BCUT2D eigenvalue weighted by molar-refractivity contribution is -0.114. The maximum Gasteiger partial charge on any atom is 0.221 e. The maximum absolute atomic E-state index is 13.6. The first-order valence-electron chi connectivity index (χ1n) is 6.80. The molecule has 1 unspecified atom stereocenters. The first kappa shape index (κ1) is 15.7. The number of aryl methyl sites for hydroxylation is 1. The smallest absolute Gasteiger partial charge is 0.221 e. The summed E-state index contributed by atoms with van der Waals surface area (Å²) in [7, 11) is 0. The number of carbonyl (C=O) groups excluding carboxylic acids is 1. The average molecular weight is 306 g/mol. The summed E-state index contributed by atoms with van der Waals surface area (Å²) in [6.45, 7) is 5.87. The number of hydrogen-bond acceptors (Lipinski definition) is 3. The molecule has 0 bridgehead atoms. The van der Waals surface area contributed by atoms with E-state index in [-0.39, 0.29) is 17.8 Å². The van der Waals surface area contributed by atoms with Crippen molar-refractivity contribution in [3.63, 3.8) is 0 Å². The third-order valence-corrected chi connectivity index (χ3v) is 4.24. The second-order valence-electron chi connectivity index (χ2n) is 5.05. The SMILES string of the molecule is CC(=O)Nc1ccsc1CNC(C)c1ccc(C)c(F)c1. The van der Waals surface area contributed by atoms with Crippen molar-refractivity contribution in [2.24, 2.45) is 0 Å². The summed E-state index contributed by atoms with van der Waals surface area (Å²) in [6, 6.07) is 7.21. The Kier molecular flexibility index (Phi) is 5.09. The van der Waals surface area contributed by atoms with Crippen LogP contribution in [0.5, 0.6) is 0 Å². The summed E-state index contributed by atoms with van der Waals surface area (Å²) in [4.78, 5) is 12.2. The van der Waals surface area contributed by atoms with Gasteiger partial charge in [0.05, 0.1) is 5.69 Å². The standard InChI is InChI=1S/C16H19FN2OS/c1-10-4-5-13(8-14(10)17)11(2)18-9-16-15(6-7-21-16)19-12(3)20/h4-8,11,18H,9H2,1-3H3,(H,19,20). The molecule has 2 aromatic rings. The van der Waals surface area contributed by atoms with Crippen molar-refractivity contribution in [2.75, 3.05) is 5.32 Å². The predicted octanol–water partition coefficient (Wildman–Crippen LogP) is 4.00. The highest BCUT2D eigenvalue weighted by molar-refractivity contribution is 7.10. The predicted molar refractivity (Wildman–Crippen MR) is 85.0 cm³/mol. The van der Waals surface area contributed by atoms with Crippen LogP contribution in [0.15, 0.2) is 29.6 Å². The van der Waals surface area contributed by atoms with Crippen LogP contribution in [0.4, 0.5) is 10.1 Å². The van der Waals surface area contributed by atoms with Gasteiger partial charge in [-0.25, -0.2) is 4.39 Å². The molecule has 2 N–H and O–H groups in total. The zero-order chi connectivity index (χ0) is 15.4. The van der Waals surface area contributed by atoms with Gasteiger partial charge in [-0.15, -0.1) is 11.3 Å². The van der Waals surface area contributed by atoms with E-state index >= 15 is 0 Å². The molecule has 1 aromatic carbocycles. The first-order chi connectivity index (χ1) is 9.97. The highest BCUT2D eigenvalue weighted by Gasteiger charge is 2.10. The number of rotatable bonds is 5. The minimum Gasteiger partial charge on any atom is -0.325 e. The second-order valence-corrected chi connectivity index (χ2v) is 6.05. The molecule has 5 heteroatoms. The van der Waals surface area contributed by atoms with E-state index in [0.29, 0.717) is 12.1 Å². The van der Waals surface area contributed by atoms with Crippen LogP contribution in [0.25, 0.3) is 0 Å². The average Bonchev–Trinajstić information content (AvgIpc) is 2.85. The lowest BCUT2D eigenvalue weighted by atomic mass is 10.1. The normalized spacial score (nSPS) is 12.2. The number of halogens is 1. The van der Waals surface area contributed by atoms with Gasteiger partial charge in [0.25, 0.3) is 0 Å². The van der Waals surface area contributed by atoms with Crippen LogP contribution in [-0.2, 0) is 11.3 Å². The molecule has 0 saturated carbocycles. The van der Waals surface area contributed by atoms with Crippen molar-refractivity contribution in [3.05, 3.63) is 51.5 Å². The molecule has 3 nitrogen and oxygen atoms in total. The molecule has 0 fully saturated rings. The van der Waals surface area contributed by atoms with Crippen molar-refractivity contribution in [1.29, 1.82) is 0 Å². The quantitative estimate of drug-likeness (QED) is 0.876. The number of hydrogen-bond donors (Lipinski definition) is 2.